The predicted molar refractivity (Wildman–Crippen MR) is 73.9 cm³/mol. The molecular weight excluding hydrogens is 248 g/mol. The molecule has 0 saturated heterocycles. The van der Waals surface area contributed by atoms with Crippen LogP contribution in [0, 0.1) is 13.8 Å². The Kier molecular flexibility index (Phi) is 3.72. The lowest BCUT2D eigenvalue weighted by Crippen LogP contribution is -2.01. The van der Waals surface area contributed by atoms with E-state index in [9.17, 15) is 0 Å². The number of ether oxygens (including phenoxy) is 1. The number of nitrogens with two attached hydrogens (primary N) is 1. The molecule has 0 amide bonds. The number of nitrogens with zero attached hydrogens (tertiary/aromatic N) is 1. The third-order valence-corrected chi connectivity index (χ3v) is 3.05. The molecule has 3 nitrogen and oxygen atoms in total. The highest BCUT2D eigenvalue weighted by molar-refractivity contribution is 6.31. The molecule has 0 bridgehead atoms. The van der Waals surface area contributed by atoms with Crippen LogP contribution in [0.2, 0.25) is 5.02 Å². The predicted octanol–water partition coefficient (Wildman–Crippen LogP) is 3.51. The van der Waals surface area contributed by atoms with Crippen LogP contribution in [-0.2, 0) is 6.61 Å². The zero-order valence-electron chi connectivity index (χ0n) is 10.4. The third-order valence-electron chi connectivity index (χ3n) is 2.71. The summed E-state index contributed by atoms with van der Waals surface area (Å²) in [6.07, 6.45) is 3.32. The largest absolute Gasteiger partial charge is 0.488 e. The van der Waals surface area contributed by atoms with Crippen LogP contribution in [0.1, 0.15) is 16.7 Å². The fraction of sp³-hybridized carbons (Fsp3) is 0.214. The Labute approximate surface area is 112 Å². The van der Waals surface area contributed by atoms with Gasteiger partial charge in [-0.2, -0.15) is 0 Å². The number of nitrogen functional groups attached to an aromatic ring is 1. The molecule has 0 radical (unpaired) electrons. The van der Waals surface area contributed by atoms with Crippen molar-refractivity contribution >= 4 is 17.3 Å². The maximum absolute atomic E-state index is 6.03. The Hall–Kier alpha value is -1.74. The highest BCUT2D eigenvalue weighted by Gasteiger charge is 2.07. The molecule has 2 aromatic rings. The molecule has 4 heteroatoms. The van der Waals surface area contributed by atoms with Crippen molar-refractivity contribution in [2.45, 2.75) is 20.5 Å². The van der Waals surface area contributed by atoms with Gasteiger partial charge in [0.2, 0.25) is 0 Å². The summed E-state index contributed by atoms with van der Waals surface area (Å²) in [7, 11) is 0. The van der Waals surface area contributed by atoms with E-state index in [0.717, 1.165) is 28.1 Å². The zero-order valence-corrected chi connectivity index (χ0v) is 11.2. The van der Waals surface area contributed by atoms with E-state index in [-0.39, 0.29) is 0 Å². The molecule has 1 aromatic carbocycles. The minimum atomic E-state index is 0.424. The lowest BCUT2D eigenvalue weighted by atomic mass is 10.1. The molecule has 0 aliphatic rings. The van der Waals surface area contributed by atoms with E-state index < -0.39 is 0 Å². The average Bonchev–Trinajstić information content (AvgIpc) is 2.30. The van der Waals surface area contributed by atoms with E-state index in [4.69, 9.17) is 22.1 Å². The van der Waals surface area contributed by atoms with Gasteiger partial charge >= 0.3 is 0 Å². The summed E-state index contributed by atoms with van der Waals surface area (Å²) >= 11 is 6.03. The fourth-order valence-electron chi connectivity index (χ4n) is 1.88. The van der Waals surface area contributed by atoms with Gasteiger partial charge in [0, 0.05) is 23.6 Å². The third kappa shape index (κ3) is 2.74. The topological polar surface area (TPSA) is 48.1 Å². The number of pyridine rings is 1. The average molecular weight is 263 g/mol. The molecule has 0 spiro atoms. The molecule has 1 aromatic heterocycles. The van der Waals surface area contributed by atoms with E-state index in [1.807, 2.05) is 32.0 Å². The Morgan fingerprint density at radius 3 is 2.56 bits per heavy atom. The van der Waals surface area contributed by atoms with Crippen molar-refractivity contribution in [3.63, 3.8) is 0 Å². The molecule has 0 fully saturated rings. The standard InChI is InChI=1S/C14H15ClN2O/c1-9-5-12(16)6-10(2)14(9)18-8-11-3-4-17-7-13(11)15/h3-7H,8,16H2,1-2H3. The Balaban J connectivity index is 2.19. The molecule has 0 atom stereocenters. The first-order chi connectivity index (χ1) is 8.58. The normalized spacial score (nSPS) is 10.4. The van der Waals surface area contributed by atoms with Crippen molar-refractivity contribution in [1.82, 2.24) is 4.98 Å². The number of anilines is 1. The van der Waals surface area contributed by atoms with Crippen molar-refractivity contribution in [3.05, 3.63) is 52.3 Å². The van der Waals surface area contributed by atoms with E-state index in [1.54, 1.807) is 12.4 Å². The van der Waals surface area contributed by atoms with Crippen LogP contribution in [0.15, 0.2) is 30.6 Å². The molecule has 0 saturated carbocycles. The molecule has 2 N–H and O–H groups in total. The Morgan fingerprint density at radius 2 is 1.94 bits per heavy atom. The van der Waals surface area contributed by atoms with Gasteiger partial charge in [-0.15, -0.1) is 0 Å². The molecule has 0 aliphatic heterocycles. The van der Waals surface area contributed by atoms with Gasteiger partial charge in [-0.3, -0.25) is 4.98 Å². The van der Waals surface area contributed by atoms with Gasteiger partial charge in [-0.05, 0) is 43.2 Å². The van der Waals surface area contributed by atoms with Crippen LogP contribution in [-0.4, -0.2) is 4.98 Å². The highest BCUT2D eigenvalue weighted by atomic mass is 35.5. The van der Waals surface area contributed by atoms with Gasteiger partial charge in [0.1, 0.15) is 12.4 Å². The summed E-state index contributed by atoms with van der Waals surface area (Å²) in [6, 6.07) is 5.65. The molecule has 0 aliphatic carbocycles. The van der Waals surface area contributed by atoms with Gasteiger partial charge in [0.05, 0.1) is 5.02 Å². The van der Waals surface area contributed by atoms with Gasteiger partial charge in [0.15, 0.2) is 0 Å². The Morgan fingerprint density at radius 1 is 1.28 bits per heavy atom. The molecule has 94 valence electrons. The van der Waals surface area contributed by atoms with Crippen LogP contribution in [0.3, 0.4) is 0 Å². The van der Waals surface area contributed by atoms with Gasteiger partial charge in [-0.1, -0.05) is 11.6 Å². The summed E-state index contributed by atoms with van der Waals surface area (Å²) in [5.41, 5.74) is 9.49. The summed E-state index contributed by atoms with van der Waals surface area (Å²) in [5.74, 6) is 0.858. The van der Waals surface area contributed by atoms with E-state index in [1.165, 1.54) is 0 Å². The van der Waals surface area contributed by atoms with Gasteiger partial charge in [-0.25, -0.2) is 0 Å². The van der Waals surface area contributed by atoms with Crippen LogP contribution < -0.4 is 10.5 Å². The lowest BCUT2D eigenvalue weighted by molar-refractivity contribution is 0.302. The van der Waals surface area contributed by atoms with Crippen molar-refractivity contribution in [2.24, 2.45) is 0 Å². The Bertz CT molecular complexity index is 546. The summed E-state index contributed by atoms with van der Waals surface area (Å²) < 4.78 is 5.82. The monoisotopic (exact) mass is 262 g/mol. The maximum atomic E-state index is 6.03. The van der Waals surface area contributed by atoms with Crippen molar-refractivity contribution in [3.8, 4) is 5.75 Å². The number of rotatable bonds is 3. The number of hydrogen-bond acceptors (Lipinski definition) is 3. The highest BCUT2D eigenvalue weighted by Crippen LogP contribution is 2.27. The second kappa shape index (κ2) is 5.27. The van der Waals surface area contributed by atoms with Crippen molar-refractivity contribution in [2.75, 3.05) is 5.73 Å². The lowest BCUT2D eigenvalue weighted by Gasteiger charge is -2.13. The van der Waals surface area contributed by atoms with Gasteiger partial charge < -0.3 is 10.5 Å². The SMILES string of the molecule is Cc1cc(N)cc(C)c1OCc1ccncc1Cl. The summed E-state index contributed by atoms with van der Waals surface area (Å²) in [4.78, 5) is 3.94. The number of aromatic nitrogens is 1. The van der Waals surface area contributed by atoms with Crippen LogP contribution in [0.25, 0.3) is 0 Å². The first-order valence-corrected chi connectivity index (χ1v) is 6.03. The summed E-state index contributed by atoms with van der Waals surface area (Å²) in [5, 5.41) is 0.614. The molecule has 0 unspecified atom stereocenters. The van der Waals surface area contributed by atoms with E-state index in [0.29, 0.717) is 11.6 Å². The molecular formula is C14H15ClN2O. The smallest absolute Gasteiger partial charge is 0.125 e. The number of aryl methyl sites for hydroxylation is 2. The first-order valence-electron chi connectivity index (χ1n) is 5.66. The summed E-state index contributed by atoms with van der Waals surface area (Å²) in [6.45, 7) is 4.38. The van der Waals surface area contributed by atoms with Crippen molar-refractivity contribution < 1.29 is 4.74 Å². The van der Waals surface area contributed by atoms with Crippen LogP contribution in [0.4, 0.5) is 5.69 Å². The number of hydrogen-bond donors (Lipinski definition) is 1. The number of benzene rings is 1. The second-order valence-corrected chi connectivity index (χ2v) is 4.65. The van der Waals surface area contributed by atoms with Crippen molar-refractivity contribution in [1.29, 1.82) is 0 Å². The molecule has 18 heavy (non-hydrogen) atoms. The first kappa shape index (κ1) is 12.7. The van der Waals surface area contributed by atoms with E-state index in [2.05, 4.69) is 4.98 Å². The quantitative estimate of drug-likeness (QED) is 0.861. The van der Waals surface area contributed by atoms with Crippen LogP contribution >= 0.6 is 11.6 Å². The molecule has 1 heterocycles. The zero-order chi connectivity index (χ0) is 13.1. The second-order valence-electron chi connectivity index (χ2n) is 4.24. The molecule has 2 rings (SSSR count). The minimum absolute atomic E-state index is 0.424. The minimum Gasteiger partial charge on any atom is -0.488 e. The van der Waals surface area contributed by atoms with Crippen LogP contribution in [0.5, 0.6) is 5.75 Å². The fourth-order valence-corrected chi connectivity index (χ4v) is 2.06. The van der Waals surface area contributed by atoms with E-state index >= 15 is 0 Å². The van der Waals surface area contributed by atoms with Gasteiger partial charge in [0.25, 0.3) is 0 Å². The number of halogens is 1. The maximum Gasteiger partial charge on any atom is 0.125 e.